The molecule has 2 heterocycles. The van der Waals surface area contributed by atoms with Gasteiger partial charge in [-0.3, -0.25) is 9.59 Å². The molecule has 1 aliphatic heterocycles. The summed E-state index contributed by atoms with van der Waals surface area (Å²) >= 11 is 1.28. The van der Waals surface area contributed by atoms with E-state index in [9.17, 15) is 19.6 Å². The Balaban J connectivity index is 1.53. The highest BCUT2D eigenvalue weighted by Gasteiger charge is 2.24. The van der Waals surface area contributed by atoms with Crippen molar-refractivity contribution in [3.63, 3.8) is 0 Å². The molecule has 0 saturated carbocycles. The van der Waals surface area contributed by atoms with Crippen LogP contribution < -0.4 is 5.32 Å². The smallest absolute Gasteiger partial charge is 0.253 e. The summed E-state index contributed by atoms with van der Waals surface area (Å²) in [7, 11) is 2.06. The molecule has 1 aliphatic rings. The maximum Gasteiger partial charge on any atom is 0.253 e. The molecule has 1 fully saturated rings. The van der Waals surface area contributed by atoms with Gasteiger partial charge in [-0.05, 0) is 42.4 Å². The lowest BCUT2D eigenvalue weighted by molar-refractivity contribution is -0.122. The lowest BCUT2D eigenvalue weighted by Gasteiger charge is -2.32. The molecule has 8 nitrogen and oxygen atoms in total. The van der Waals surface area contributed by atoms with Crippen LogP contribution >= 0.6 is 11.3 Å². The Morgan fingerprint density at radius 3 is 2.52 bits per heavy atom. The molecule has 0 bridgehead atoms. The van der Waals surface area contributed by atoms with Gasteiger partial charge in [-0.2, -0.15) is 5.26 Å². The number of nitrogens with zero attached hydrogens (tertiary/aromatic N) is 4. The first-order chi connectivity index (χ1) is 16.0. The molecule has 1 atom stereocenters. The molecule has 0 radical (unpaired) electrons. The molecule has 33 heavy (non-hydrogen) atoms. The van der Waals surface area contributed by atoms with E-state index in [1.165, 1.54) is 11.3 Å². The summed E-state index contributed by atoms with van der Waals surface area (Å²) < 4.78 is 0.850. The fourth-order valence-corrected chi connectivity index (χ4v) is 4.76. The van der Waals surface area contributed by atoms with Crippen molar-refractivity contribution in [1.82, 2.24) is 20.1 Å². The second-order valence-corrected chi connectivity index (χ2v) is 8.94. The van der Waals surface area contributed by atoms with Gasteiger partial charge in [0.1, 0.15) is 11.3 Å². The van der Waals surface area contributed by atoms with Crippen LogP contribution in [0.5, 0.6) is 0 Å². The molecule has 1 N–H and O–H groups in total. The average molecular weight is 462 g/mol. The third-order valence-corrected chi connectivity index (χ3v) is 6.74. The molecular weight excluding hydrogens is 438 g/mol. The average Bonchev–Trinajstić information content (AvgIpc) is 3.26. The number of nitrogens with one attached hydrogen (secondary N) is 1. The Kier molecular flexibility index (Phi) is 6.77. The fourth-order valence-electron chi connectivity index (χ4n) is 3.71. The molecule has 1 unspecified atom stereocenters. The normalized spacial score (nSPS) is 15.1. The lowest BCUT2D eigenvalue weighted by atomic mass is 10.0. The van der Waals surface area contributed by atoms with Crippen molar-refractivity contribution in [1.29, 1.82) is 5.26 Å². The number of hydrogen-bond donors (Lipinski definition) is 1. The van der Waals surface area contributed by atoms with Crippen molar-refractivity contribution < 1.29 is 14.4 Å². The van der Waals surface area contributed by atoms with Crippen molar-refractivity contribution in [3.05, 3.63) is 53.0 Å². The van der Waals surface area contributed by atoms with E-state index in [1.54, 1.807) is 0 Å². The van der Waals surface area contributed by atoms with E-state index in [1.807, 2.05) is 53.4 Å². The first-order valence-electron chi connectivity index (χ1n) is 10.6. The molecular formula is C24H23N5O3S. The number of rotatable bonds is 6. The van der Waals surface area contributed by atoms with Crippen LogP contribution in [0.1, 0.15) is 21.3 Å². The summed E-state index contributed by atoms with van der Waals surface area (Å²) in [5, 5.41) is 12.2. The van der Waals surface area contributed by atoms with E-state index in [0.29, 0.717) is 22.4 Å². The van der Waals surface area contributed by atoms with Crippen LogP contribution in [0.2, 0.25) is 0 Å². The van der Waals surface area contributed by atoms with Gasteiger partial charge >= 0.3 is 0 Å². The van der Waals surface area contributed by atoms with Gasteiger partial charge in [-0.1, -0.05) is 18.2 Å². The van der Waals surface area contributed by atoms with Crippen LogP contribution in [0.3, 0.4) is 0 Å². The Bertz CT molecular complexity index is 1220. The zero-order valence-corrected chi connectivity index (χ0v) is 19.0. The van der Waals surface area contributed by atoms with E-state index in [2.05, 4.69) is 22.2 Å². The molecule has 2 amide bonds. The third-order valence-electron chi connectivity index (χ3n) is 5.66. The summed E-state index contributed by atoms with van der Waals surface area (Å²) in [5.74, 6) is -1.55. The van der Waals surface area contributed by atoms with Gasteiger partial charge in [0, 0.05) is 31.7 Å². The fraction of sp³-hybridized carbons (Fsp3) is 0.292. The third kappa shape index (κ3) is 4.92. The van der Waals surface area contributed by atoms with Crippen molar-refractivity contribution >= 4 is 39.7 Å². The Morgan fingerprint density at radius 2 is 1.85 bits per heavy atom. The van der Waals surface area contributed by atoms with Crippen LogP contribution in [-0.4, -0.2) is 72.7 Å². The zero-order chi connectivity index (χ0) is 23.4. The number of likely N-dealkylation sites (N-methyl/N-ethyl adjacent to an activating group) is 1. The van der Waals surface area contributed by atoms with Gasteiger partial charge < -0.3 is 19.9 Å². The Morgan fingerprint density at radius 1 is 1.15 bits per heavy atom. The van der Waals surface area contributed by atoms with Gasteiger partial charge in [0.2, 0.25) is 5.91 Å². The molecule has 0 spiro atoms. The molecule has 168 valence electrons. The largest absolute Gasteiger partial charge is 0.348 e. The molecule has 0 aliphatic carbocycles. The summed E-state index contributed by atoms with van der Waals surface area (Å²) in [6, 6.07) is 15.3. The first-order valence-corrected chi connectivity index (χ1v) is 11.4. The SMILES string of the molecule is CN1CCN(C(=O)c2ccc(-c3ccc4nc(C(C#N)C(=O)NCC=O)sc4c3)cc2)CC1. The Hall–Kier alpha value is -3.61. The number of aldehydes is 1. The van der Waals surface area contributed by atoms with E-state index < -0.39 is 11.8 Å². The summed E-state index contributed by atoms with van der Waals surface area (Å²) in [5.41, 5.74) is 3.28. The number of piperazine rings is 1. The number of hydrogen-bond acceptors (Lipinski definition) is 7. The minimum atomic E-state index is -1.06. The van der Waals surface area contributed by atoms with Crippen LogP contribution in [0, 0.1) is 11.3 Å². The topological polar surface area (TPSA) is 106 Å². The molecule has 2 aromatic carbocycles. The second-order valence-electron chi connectivity index (χ2n) is 7.88. The number of benzene rings is 2. The van der Waals surface area contributed by atoms with E-state index in [-0.39, 0.29) is 12.5 Å². The predicted molar refractivity (Wildman–Crippen MR) is 126 cm³/mol. The van der Waals surface area contributed by atoms with Crippen molar-refractivity contribution in [2.75, 3.05) is 39.8 Å². The van der Waals surface area contributed by atoms with E-state index >= 15 is 0 Å². The van der Waals surface area contributed by atoms with E-state index in [0.717, 1.165) is 42.0 Å². The minimum absolute atomic E-state index is 0.0487. The number of amides is 2. The van der Waals surface area contributed by atoms with E-state index in [4.69, 9.17) is 0 Å². The van der Waals surface area contributed by atoms with Gasteiger partial charge in [-0.15, -0.1) is 11.3 Å². The predicted octanol–water partition coefficient (Wildman–Crippen LogP) is 2.27. The van der Waals surface area contributed by atoms with Crippen LogP contribution in [0.4, 0.5) is 0 Å². The highest BCUT2D eigenvalue weighted by Crippen LogP contribution is 2.31. The first kappa shape index (κ1) is 22.6. The van der Waals surface area contributed by atoms with Gasteiger partial charge in [0.25, 0.3) is 5.91 Å². The molecule has 9 heteroatoms. The lowest BCUT2D eigenvalue weighted by Crippen LogP contribution is -2.47. The highest BCUT2D eigenvalue weighted by atomic mass is 32.1. The standard InChI is InChI=1S/C24H23N5O3S/c1-28-9-11-29(12-10-28)24(32)17-4-2-16(3-5-17)18-6-7-20-21(14-18)33-23(27-20)19(15-25)22(31)26-8-13-30/h2-7,13-14,19H,8-12H2,1H3,(H,26,31). The van der Waals surface area contributed by atoms with Crippen molar-refractivity contribution in [3.8, 4) is 17.2 Å². The second kappa shape index (κ2) is 9.90. The van der Waals surface area contributed by atoms with Crippen LogP contribution in [-0.2, 0) is 9.59 Å². The number of carbonyl (C=O) groups excluding carboxylic acids is 3. The summed E-state index contributed by atoms with van der Waals surface area (Å²) in [6.07, 6.45) is 0.570. The van der Waals surface area contributed by atoms with Gasteiger partial charge in [0.05, 0.1) is 22.8 Å². The minimum Gasteiger partial charge on any atom is -0.348 e. The van der Waals surface area contributed by atoms with Crippen LogP contribution in [0.15, 0.2) is 42.5 Å². The number of thiazole rings is 1. The van der Waals surface area contributed by atoms with Gasteiger partial charge in [0.15, 0.2) is 5.92 Å². The number of carbonyl (C=O) groups is 3. The zero-order valence-electron chi connectivity index (χ0n) is 18.2. The number of fused-ring (bicyclic) bond motifs is 1. The van der Waals surface area contributed by atoms with Crippen molar-refractivity contribution in [2.45, 2.75) is 5.92 Å². The quantitative estimate of drug-likeness (QED) is 0.565. The molecule has 1 aromatic heterocycles. The molecule has 1 saturated heterocycles. The number of nitriles is 1. The molecule has 4 rings (SSSR count). The maximum atomic E-state index is 12.8. The summed E-state index contributed by atoms with van der Waals surface area (Å²) in [6.45, 7) is 3.09. The number of aromatic nitrogens is 1. The maximum absolute atomic E-state index is 12.8. The highest BCUT2D eigenvalue weighted by molar-refractivity contribution is 7.18. The van der Waals surface area contributed by atoms with Crippen molar-refractivity contribution in [2.24, 2.45) is 0 Å². The Labute approximate surface area is 195 Å². The summed E-state index contributed by atoms with van der Waals surface area (Å²) in [4.78, 5) is 43.9. The van der Waals surface area contributed by atoms with Gasteiger partial charge in [-0.25, -0.2) is 4.98 Å². The van der Waals surface area contributed by atoms with Crippen LogP contribution in [0.25, 0.3) is 21.3 Å². The molecule has 3 aromatic rings. The monoisotopic (exact) mass is 461 g/mol.